The van der Waals surface area contributed by atoms with Crippen molar-refractivity contribution in [3.8, 4) is 0 Å². The third kappa shape index (κ3) is 3.34. The van der Waals surface area contributed by atoms with E-state index in [9.17, 15) is 0 Å². The Morgan fingerprint density at radius 2 is 2.17 bits per heavy atom. The summed E-state index contributed by atoms with van der Waals surface area (Å²) in [6.45, 7) is 5.87. The number of nitrogens with one attached hydrogen (secondary N) is 1. The second-order valence-electron chi connectivity index (χ2n) is 4.23. The lowest BCUT2D eigenvalue weighted by Gasteiger charge is -2.07. The number of hydrogen-bond acceptors (Lipinski definition) is 4. The molecule has 4 heteroatoms. The molecule has 0 aliphatic rings. The van der Waals surface area contributed by atoms with E-state index in [4.69, 9.17) is 0 Å². The van der Waals surface area contributed by atoms with Crippen molar-refractivity contribution in [2.75, 3.05) is 6.54 Å². The molecular weight excluding hydrogens is 224 g/mol. The fourth-order valence-electron chi connectivity index (χ4n) is 1.71. The molecule has 0 spiro atoms. The van der Waals surface area contributed by atoms with E-state index in [0.29, 0.717) is 0 Å². The third-order valence-corrected chi connectivity index (χ3v) is 2.75. The summed E-state index contributed by atoms with van der Waals surface area (Å²) in [5.74, 6) is 0.849. The third-order valence-electron chi connectivity index (χ3n) is 2.75. The minimum atomic E-state index is 0.729. The van der Waals surface area contributed by atoms with Gasteiger partial charge in [0.1, 0.15) is 5.82 Å². The van der Waals surface area contributed by atoms with E-state index in [0.717, 1.165) is 42.2 Å². The SMILES string of the molecule is CCNCc1nc(Cc2cccnc2)ncc1C. The summed E-state index contributed by atoms with van der Waals surface area (Å²) < 4.78 is 0. The smallest absolute Gasteiger partial charge is 0.133 e. The Labute approximate surface area is 108 Å². The van der Waals surface area contributed by atoms with E-state index in [1.807, 2.05) is 31.5 Å². The number of aromatic nitrogens is 3. The summed E-state index contributed by atoms with van der Waals surface area (Å²) in [7, 11) is 0. The monoisotopic (exact) mass is 242 g/mol. The first-order chi connectivity index (χ1) is 8.79. The average molecular weight is 242 g/mol. The highest BCUT2D eigenvalue weighted by Gasteiger charge is 2.04. The molecular formula is C14H18N4. The number of hydrogen-bond donors (Lipinski definition) is 1. The fraction of sp³-hybridized carbons (Fsp3) is 0.357. The summed E-state index contributed by atoms with van der Waals surface area (Å²) in [6.07, 6.45) is 6.25. The zero-order valence-electron chi connectivity index (χ0n) is 10.8. The van der Waals surface area contributed by atoms with Gasteiger partial charge in [0.05, 0.1) is 5.69 Å². The van der Waals surface area contributed by atoms with Gasteiger partial charge in [-0.1, -0.05) is 13.0 Å². The van der Waals surface area contributed by atoms with Crippen LogP contribution in [0.3, 0.4) is 0 Å². The maximum Gasteiger partial charge on any atom is 0.133 e. The quantitative estimate of drug-likeness (QED) is 0.869. The van der Waals surface area contributed by atoms with E-state index in [2.05, 4.69) is 27.2 Å². The molecule has 2 rings (SSSR count). The fourth-order valence-corrected chi connectivity index (χ4v) is 1.71. The number of pyridine rings is 1. The Kier molecular flexibility index (Phi) is 4.36. The lowest BCUT2D eigenvalue weighted by atomic mass is 10.2. The minimum Gasteiger partial charge on any atom is -0.311 e. The van der Waals surface area contributed by atoms with Crippen molar-refractivity contribution in [2.45, 2.75) is 26.8 Å². The molecule has 1 N–H and O–H groups in total. The summed E-state index contributed by atoms with van der Waals surface area (Å²) in [5.41, 5.74) is 3.34. The van der Waals surface area contributed by atoms with Gasteiger partial charge in [0.2, 0.25) is 0 Å². The lowest BCUT2D eigenvalue weighted by molar-refractivity contribution is 0.697. The van der Waals surface area contributed by atoms with Gasteiger partial charge in [-0.3, -0.25) is 4.98 Å². The maximum absolute atomic E-state index is 4.60. The van der Waals surface area contributed by atoms with Crippen LogP contribution in [0.4, 0.5) is 0 Å². The number of aryl methyl sites for hydroxylation is 1. The first kappa shape index (κ1) is 12.6. The first-order valence-electron chi connectivity index (χ1n) is 6.20. The van der Waals surface area contributed by atoms with Crippen LogP contribution in [0.2, 0.25) is 0 Å². The molecule has 2 aromatic heterocycles. The first-order valence-corrected chi connectivity index (χ1v) is 6.20. The van der Waals surface area contributed by atoms with Crippen molar-refractivity contribution < 1.29 is 0 Å². The lowest BCUT2D eigenvalue weighted by Crippen LogP contribution is -2.15. The van der Waals surface area contributed by atoms with E-state index in [1.165, 1.54) is 0 Å². The van der Waals surface area contributed by atoms with Crippen molar-refractivity contribution in [3.63, 3.8) is 0 Å². The van der Waals surface area contributed by atoms with Crippen LogP contribution in [0.1, 0.15) is 29.6 Å². The van der Waals surface area contributed by atoms with Gasteiger partial charge in [-0.2, -0.15) is 0 Å². The van der Waals surface area contributed by atoms with Crippen LogP contribution >= 0.6 is 0 Å². The molecule has 0 fully saturated rings. The molecule has 0 aliphatic carbocycles. The van der Waals surface area contributed by atoms with E-state index >= 15 is 0 Å². The van der Waals surface area contributed by atoms with E-state index in [1.54, 1.807) is 6.20 Å². The molecule has 0 unspecified atom stereocenters. The molecule has 4 nitrogen and oxygen atoms in total. The Balaban J connectivity index is 2.14. The van der Waals surface area contributed by atoms with Gasteiger partial charge in [-0.05, 0) is 30.7 Å². The Morgan fingerprint density at radius 1 is 1.28 bits per heavy atom. The highest BCUT2D eigenvalue weighted by molar-refractivity contribution is 5.19. The molecule has 0 amide bonds. The van der Waals surface area contributed by atoms with Crippen LogP contribution in [-0.2, 0) is 13.0 Å². The van der Waals surface area contributed by atoms with E-state index < -0.39 is 0 Å². The maximum atomic E-state index is 4.60. The number of rotatable bonds is 5. The minimum absolute atomic E-state index is 0.729. The van der Waals surface area contributed by atoms with Gasteiger partial charge in [0.25, 0.3) is 0 Å². The van der Waals surface area contributed by atoms with Crippen molar-refractivity contribution >= 4 is 0 Å². The summed E-state index contributed by atoms with van der Waals surface area (Å²) in [4.78, 5) is 13.1. The molecule has 0 saturated heterocycles. The van der Waals surface area contributed by atoms with Crippen LogP contribution in [0, 0.1) is 6.92 Å². The molecule has 0 bridgehead atoms. The Bertz CT molecular complexity index is 496. The van der Waals surface area contributed by atoms with Gasteiger partial charge in [-0.25, -0.2) is 9.97 Å². The highest BCUT2D eigenvalue weighted by atomic mass is 14.9. The van der Waals surface area contributed by atoms with Gasteiger partial charge in [-0.15, -0.1) is 0 Å². The molecule has 0 saturated carbocycles. The molecule has 0 aromatic carbocycles. The summed E-state index contributed by atoms with van der Waals surface area (Å²) in [5, 5.41) is 3.29. The zero-order chi connectivity index (χ0) is 12.8. The largest absolute Gasteiger partial charge is 0.311 e. The van der Waals surface area contributed by atoms with Crippen molar-refractivity contribution in [2.24, 2.45) is 0 Å². The van der Waals surface area contributed by atoms with Crippen LogP contribution in [0.15, 0.2) is 30.7 Å². The predicted molar refractivity (Wildman–Crippen MR) is 71.2 cm³/mol. The topological polar surface area (TPSA) is 50.7 Å². The van der Waals surface area contributed by atoms with Crippen LogP contribution in [0.5, 0.6) is 0 Å². The summed E-state index contributed by atoms with van der Waals surface area (Å²) in [6, 6.07) is 3.98. The van der Waals surface area contributed by atoms with Gasteiger partial charge in [0.15, 0.2) is 0 Å². The van der Waals surface area contributed by atoms with Crippen LogP contribution < -0.4 is 5.32 Å². The van der Waals surface area contributed by atoms with E-state index in [-0.39, 0.29) is 0 Å². The van der Waals surface area contributed by atoms with Crippen LogP contribution in [-0.4, -0.2) is 21.5 Å². The molecule has 0 radical (unpaired) electrons. The molecule has 0 aliphatic heterocycles. The Hall–Kier alpha value is -1.81. The standard InChI is InChI=1S/C14H18N4/c1-3-15-10-13-11(2)8-17-14(18-13)7-12-5-4-6-16-9-12/h4-6,8-9,15H,3,7,10H2,1-2H3. The normalized spacial score (nSPS) is 10.6. The highest BCUT2D eigenvalue weighted by Crippen LogP contribution is 2.07. The predicted octanol–water partition coefficient (Wildman–Crippen LogP) is 1.88. The van der Waals surface area contributed by atoms with Crippen molar-refractivity contribution in [1.82, 2.24) is 20.3 Å². The van der Waals surface area contributed by atoms with Crippen LogP contribution in [0.25, 0.3) is 0 Å². The molecule has 2 aromatic rings. The average Bonchev–Trinajstić information content (AvgIpc) is 2.40. The second-order valence-corrected chi connectivity index (χ2v) is 4.23. The summed E-state index contributed by atoms with van der Waals surface area (Å²) >= 11 is 0. The van der Waals surface area contributed by atoms with Gasteiger partial charge < -0.3 is 5.32 Å². The molecule has 18 heavy (non-hydrogen) atoms. The molecule has 2 heterocycles. The van der Waals surface area contributed by atoms with Gasteiger partial charge >= 0.3 is 0 Å². The zero-order valence-corrected chi connectivity index (χ0v) is 10.8. The molecule has 94 valence electrons. The number of nitrogens with zero attached hydrogens (tertiary/aromatic N) is 3. The molecule has 0 atom stereocenters. The van der Waals surface area contributed by atoms with Crippen molar-refractivity contribution in [3.05, 3.63) is 53.4 Å². The van der Waals surface area contributed by atoms with Crippen molar-refractivity contribution in [1.29, 1.82) is 0 Å². The Morgan fingerprint density at radius 3 is 2.89 bits per heavy atom. The second kappa shape index (κ2) is 6.21. The van der Waals surface area contributed by atoms with Gasteiger partial charge in [0, 0.05) is 31.6 Å².